The molecule has 0 aromatic rings. The van der Waals surface area contributed by atoms with Crippen LogP contribution in [0, 0.1) is 0 Å². The van der Waals surface area contributed by atoms with Crippen LogP contribution < -0.4 is 5.73 Å². The van der Waals surface area contributed by atoms with Gasteiger partial charge in [-0.15, -0.1) is 0 Å². The number of carbonyl (C=O) groups is 1. The van der Waals surface area contributed by atoms with Gasteiger partial charge in [-0.25, -0.2) is 0 Å². The van der Waals surface area contributed by atoms with Gasteiger partial charge in [0.15, 0.2) is 0 Å². The molecule has 0 fully saturated rings. The molecule has 2 N–H and O–H groups in total. The number of hydrogen-bond donors (Lipinski definition) is 1. The van der Waals surface area contributed by atoms with Gasteiger partial charge in [0.05, 0.1) is 6.61 Å². The van der Waals surface area contributed by atoms with Crippen LogP contribution in [0.2, 0.25) is 0 Å². The summed E-state index contributed by atoms with van der Waals surface area (Å²) in [4.78, 5) is 11.0. The summed E-state index contributed by atoms with van der Waals surface area (Å²) in [6.07, 6.45) is 0. The Morgan fingerprint density at radius 1 is 1.43 bits per heavy atom. The third-order valence-electron chi connectivity index (χ3n) is 1.20. The third-order valence-corrected chi connectivity index (χ3v) is 2.42. The molecule has 0 saturated heterocycles. The number of nitrogens with two attached hydrogens (primary N) is 1. The van der Waals surface area contributed by atoms with Gasteiger partial charge in [0.1, 0.15) is 6.04 Å². The summed E-state index contributed by atoms with van der Waals surface area (Å²) in [5.74, 6) is 0.335. The van der Waals surface area contributed by atoms with Gasteiger partial charge in [-0.2, -0.15) is 11.8 Å². The van der Waals surface area contributed by atoms with Gasteiger partial charge in [-0.05, 0) is 12.2 Å². The van der Waals surface area contributed by atoms with Crippen molar-refractivity contribution in [2.45, 2.75) is 45.9 Å². The minimum atomic E-state index is -0.475. The molecular weight excluding hydrogens is 198 g/mol. The van der Waals surface area contributed by atoms with Crippen LogP contribution in [-0.2, 0) is 9.53 Å². The lowest BCUT2D eigenvalue weighted by atomic mass is 10.4. The topological polar surface area (TPSA) is 52.3 Å². The van der Waals surface area contributed by atoms with Crippen molar-refractivity contribution in [2.75, 3.05) is 12.4 Å². The van der Waals surface area contributed by atoms with Crippen molar-refractivity contribution in [1.29, 1.82) is 0 Å². The molecule has 0 saturated carbocycles. The zero-order valence-corrected chi connectivity index (χ0v) is 10.7. The molecule has 0 aliphatic rings. The van der Waals surface area contributed by atoms with Crippen LogP contribution in [0.1, 0.15) is 34.6 Å². The van der Waals surface area contributed by atoms with Crippen molar-refractivity contribution < 1.29 is 9.53 Å². The summed E-state index contributed by atoms with van der Waals surface area (Å²) in [6.45, 7) is 10.3. The van der Waals surface area contributed by atoms with E-state index in [0.29, 0.717) is 17.6 Å². The molecule has 0 bridgehead atoms. The molecule has 86 valence electrons. The van der Waals surface area contributed by atoms with Gasteiger partial charge in [0.25, 0.3) is 0 Å². The van der Waals surface area contributed by atoms with Crippen molar-refractivity contribution in [1.82, 2.24) is 0 Å². The highest BCUT2D eigenvalue weighted by atomic mass is 32.2. The summed E-state index contributed by atoms with van der Waals surface area (Å²) < 4.78 is 4.76. The largest absolute Gasteiger partial charge is 0.465 e. The molecule has 0 spiro atoms. The SMILES string of the molecule is CC.CCOC(=O)C(N)CSC(C)C. The molecule has 1 unspecified atom stereocenters. The van der Waals surface area contributed by atoms with E-state index in [1.165, 1.54) is 0 Å². The second-order valence-electron chi connectivity index (χ2n) is 2.74. The van der Waals surface area contributed by atoms with Crippen LogP contribution in [0.25, 0.3) is 0 Å². The molecule has 0 rings (SSSR count). The van der Waals surface area contributed by atoms with Gasteiger partial charge in [-0.1, -0.05) is 27.7 Å². The fourth-order valence-electron chi connectivity index (χ4n) is 0.613. The van der Waals surface area contributed by atoms with E-state index in [1.807, 2.05) is 13.8 Å². The number of thioether (sulfide) groups is 1. The second kappa shape index (κ2) is 10.9. The Morgan fingerprint density at radius 3 is 2.29 bits per heavy atom. The fraction of sp³-hybridized carbons (Fsp3) is 0.900. The molecule has 0 amide bonds. The minimum absolute atomic E-state index is 0.300. The Bertz CT molecular complexity index is 140. The van der Waals surface area contributed by atoms with Crippen LogP contribution in [0.5, 0.6) is 0 Å². The van der Waals surface area contributed by atoms with Crippen LogP contribution in [0.15, 0.2) is 0 Å². The highest BCUT2D eigenvalue weighted by Crippen LogP contribution is 2.09. The van der Waals surface area contributed by atoms with Crippen molar-refractivity contribution >= 4 is 17.7 Å². The molecule has 0 aromatic carbocycles. The lowest BCUT2D eigenvalue weighted by molar-refractivity contribution is -0.144. The molecule has 0 aliphatic carbocycles. The van der Waals surface area contributed by atoms with E-state index >= 15 is 0 Å². The smallest absolute Gasteiger partial charge is 0.323 e. The first-order valence-corrected chi connectivity index (χ1v) is 6.16. The molecule has 14 heavy (non-hydrogen) atoms. The summed E-state index contributed by atoms with van der Waals surface area (Å²) >= 11 is 1.67. The maximum Gasteiger partial charge on any atom is 0.323 e. The monoisotopic (exact) mass is 221 g/mol. The van der Waals surface area contributed by atoms with E-state index in [2.05, 4.69) is 13.8 Å². The molecule has 3 nitrogen and oxygen atoms in total. The number of hydrogen-bond acceptors (Lipinski definition) is 4. The van der Waals surface area contributed by atoms with Gasteiger partial charge in [0.2, 0.25) is 0 Å². The first-order chi connectivity index (χ1) is 6.57. The first kappa shape index (κ1) is 16.2. The van der Waals surface area contributed by atoms with Gasteiger partial charge < -0.3 is 10.5 Å². The predicted molar refractivity (Wildman–Crippen MR) is 63.6 cm³/mol. The summed E-state index contributed by atoms with van der Waals surface area (Å²) in [6, 6.07) is -0.475. The standard InChI is InChI=1S/C8H17NO2S.C2H6/c1-4-11-8(10)7(9)5-12-6(2)3;1-2/h6-7H,4-5,9H2,1-3H3;1-2H3. The Kier molecular flexibility index (Phi) is 12.6. The van der Waals surface area contributed by atoms with Crippen LogP contribution in [-0.4, -0.2) is 29.6 Å². The van der Waals surface area contributed by atoms with Crippen LogP contribution in [0.3, 0.4) is 0 Å². The summed E-state index contributed by atoms with van der Waals surface area (Å²) in [5, 5.41) is 0.505. The number of carbonyl (C=O) groups excluding carboxylic acids is 1. The Labute approximate surface area is 91.8 Å². The molecule has 0 heterocycles. The van der Waals surface area contributed by atoms with Gasteiger partial charge in [-0.3, -0.25) is 4.79 Å². The van der Waals surface area contributed by atoms with Crippen molar-refractivity contribution in [2.24, 2.45) is 5.73 Å². The maximum atomic E-state index is 11.0. The Morgan fingerprint density at radius 2 is 1.93 bits per heavy atom. The normalized spacial score (nSPS) is 11.6. The van der Waals surface area contributed by atoms with E-state index in [9.17, 15) is 4.79 Å². The number of ether oxygens (including phenoxy) is 1. The molecule has 0 aromatic heterocycles. The molecule has 1 atom stereocenters. The maximum absolute atomic E-state index is 11.0. The molecule has 0 aliphatic heterocycles. The third kappa shape index (κ3) is 9.86. The van der Waals surface area contributed by atoms with E-state index in [-0.39, 0.29) is 5.97 Å². The van der Waals surface area contributed by atoms with E-state index in [1.54, 1.807) is 18.7 Å². The Balaban J connectivity index is 0. The molecule has 4 heteroatoms. The van der Waals surface area contributed by atoms with Gasteiger partial charge >= 0.3 is 5.97 Å². The molecular formula is C10H23NO2S. The van der Waals surface area contributed by atoms with Crippen molar-refractivity contribution in [3.63, 3.8) is 0 Å². The van der Waals surface area contributed by atoms with E-state index < -0.39 is 6.04 Å². The van der Waals surface area contributed by atoms with E-state index in [0.717, 1.165) is 0 Å². The fourth-order valence-corrected chi connectivity index (χ4v) is 1.34. The average Bonchev–Trinajstić information content (AvgIpc) is 2.17. The lowest BCUT2D eigenvalue weighted by Crippen LogP contribution is -2.34. The Hall–Kier alpha value is -0.220. The van der Waals surface area contributed by atoms with Crippen molar-refractivity contribution in [3.8, 4) is 0 Å². The first-order valence-electron chi connectivity index (χ1n) is 5.11. The zero-order valence-electron chi connectivity index (χ0n) is 9.87. The quantitative estimate of drug-likeness (QED) is 0.722. The van der Waals surface area contributed by atoms with Gasteiger partial charge in [0, 0.05) is 5.75 Å². The number of esters is 1. The number of rotatable bonds is 5. The summed E-state index contributed by atoms with van der Waals surface area (Å²) in [5.41, 5.74) is 5.56. The second-order valence-corrected chi connectivity index (χ2v) is 4.35. The molecule has 0 radical (unpaired) electrons. The lowest BCUT2D eigenvalue weighted by Gasteiger charge is -2.11. The van der Waals surface area contributed by atoms with E-state index in [4.69, 9.17) is 10.5 Å². The summed E-state index contributed by atoms with van der Waals surface area (Å²) in [7, 11) is 0. The highest BCUT2D eigenvalue weighted by molar-refractivity contribution is 7.99. The van der Waals surface area contributed by atoms with Crippen LogP contribution >= 0.6 is 11.8 Å². The average molecular weight is 221 g/mol. The minimum Gasteiger partial charge on any atom is -0.465 e. The highest BCUT2D eigenvalue weighted by Gasteiger charge is 2.14. The van der Waals surface area contributed by atoms with Crippen LogP contribution in [0.4, 0.5) is 0 Å². The zero-order chi connectivity index (χ0) is 11.6. The predicted octanol–water partition coefficient (Wildman–Crippen LogP) is 2.04. The van der Waals surface area contributed by atoms with Crippen molar-refractivity contribution in [3.05, 3.63) is 0 Å².